The molecule has 3 fully saturated rings. The lowest BCUT2D eigenvalue weighted by Crippen LogP contribution is -2.33. The Morgan fingerprint density at radius 3 is 2.47 bits per heavy atom. The highest BCUT2D eigenvalue weighted by atomic mass is 16.2. The molecule has 0 spiro atoms. The molecule has 1 N–H and O–H groups in total. The average Bonchev–Trinajstić information content (AvgIpc) is 3.71. The molecule has 2 amide bonds. The van der Waals surface area contributed by atoms with E-state index in [0.29, 0.717) is 17.8 Å². The van der Waals surface area contributed by atoms with Gasteiger partial charge in [-0.05, 0) is 75.4 Å². The number of nitrogens with zero attached hydrogens (tertiary/aromatic N) is 5. The summed E-state index contributed by atoms with van der Waals surface area (Å²) in [5, 5.41) is 7.67. The number of aromatic nitrogens is 3. The van der Waals surface area contributed by atoms with Crippen molar-refractivity contribution in [2.45, 2.75) is 70.0 Å². The van der Waals surface area contributed by atoms with E-state index in [1.54, 1.807) is 16.9 Å². The first-order chi connectivity index (χ1) is 17.7. The number of benzene rings is 1. The molecule has 4 heterocycles. The van der Waals surface area contributed by atoms with Crippen LogP contribution < -0.4 is 5.32 Å². The molecule has 1 aromatic carbocycles. The Kier molecular flexibility index (Phi) is 6.44. The monoisotopic (exact) mass is 486 g/mol. The zero-order chi connectivity index (χ0) is 24.5. The maximum Gasteiger partial charge on any atom is 0.256 e. The van der Waals surface area contributed by atoms with Crippen LogP contribution in [0.15, 0.2) is 42.7 Å². The maximum absolute atomic E-state index is 13.5. The Bertz CT molecular complexity index is 1240. The van der Waals surface area contributed by atoms with Gasteiger partial charge < -0.3 is 10.2 Å². The summed E-state index contributed by atoms with van der Waals surface area (Å²) in [6.07, 6.45) is 12.1. The first-order valence-corrected chi connectivity index (χ1v) is 13.4. The van der Waals surface area contributed by atoms with Crippen LogP contribution in [0, 0.1) is 0 Å². The van der Waals surface area contributed by atoms with Crippen molar-refractivity contribution in [3.8, 4) is 0 Å². The minimum absolute atomic E-state index is 0.0431. The van der Waals surface area contributed by atoms with Crippen molar-refractivity contribution in [1.29, 1.82) is 0 Å². The number of rotatable bonds is 6. The van der Waals surface area contributed by atoms with E-state index in [-0.39, 0.29) is 23.9 Å². The molecule has 3 aliphatic rings. The van der Waals surface area contributed by atoms with Gasteiger partial charge in [-0.3, -0.25) is 14.5 Å². The van der Waals surface area contributed by atoms with Crippen molar-refractivity contribution in [2.75, 3.05) is 19.6 Å². The highest BCUT2D eigenvalue weighted by Crippen LogP contribution is 2.33. The minimum Gasteiger partial charge on any atom is -0.349 e. The van der Waals surface area contributed by atoms with E-state index in [2.05, 4.69) is 32.4 Å². The van der Waals surface area contributed by atoms with Crippen molar-refractivity contribution in [1.82, 2.24) is 29.7 Å². The van der Waals surface area contributed by atoms with Crippen molar-refractivity contribution in [3.05, 3.63) is 65.1 Å². The Labute approximate surface area is 211 Å². The third kappa shape index (κ3) is 4.50. The van der Waals surface area contributed by atoms with Crippen LogP contribution in [-0.4, -0.2) is 61.9 Å². The van der Waals surface area contributed by atoms with Crippen LogP contribution in [0.3, 0.4) is 0 Å². The fourth-order valence-corrected chi connectivity index (χ4v) is 6.09. The van der Waals surface area contributed by atoms with E-state index in [0.717, 1.165) is 69.4 Å². The van der Waals surface area contributed by atoms with E-state index in [4.69, 9.17) is 0 Å². The topological polar surface area (TPSA) is 82.8 Å². The molecule has 1 saturated carbocycles. The van der Waals surface area contributed by atoms with E-state index < -0.39 is 0 Å². The lowest BCUT2D eigenvalue weighted by atomic mass is 10.1. The summed E-state index contributed by atoms with van der Waals surface area (Å²) in [5.74, 6) is -0.0727. The van der Waals surface area contributed by atoms with Gasteiger partial charge in [-0.1, -0.05) is 25.0 Å². The molecule has 2 aliphatic heterocycles. The van der Waals surface area contributed by atoms with Crippen LogP contribution in [0.1, 0.15) is 89.4 Å². The molecule has 3 aromatic rings. The second-order valence-electron chi connectivity index (χ2n) is 10.5. The van der Waals surface area contributed by atoms with Crippen molar-refractivity contribution < 1.29 is 9.59 Å². The number of amides is 2. The molecule has 188 valence electrons. The Hall–Kier alpha value is -3.26. The normalized spacial score (nSPS) is 21.0. The summed E-state index contributed by atoms with van der Waals surface area (Å²) in [4.78, 5) is 35.4. The molecular weight excluding hydrogens is 452 g/mol. The minimum atomic E-state index is -0.116. The second kappa shape index (κ2) is 10.0. The van der Waals surface area contributed by atoms with Crippen LogP contribution in [0.2, 0.25) is 0 Å². The fraction of sp³-hybridized carbons (Fsp3) is 0.500. The number of nitrogens with one attached hydrogen (secondary N) is 1. The summed E-state index contributed by atoms with van der Waals surface area (Å²) >= 11 is 0. The molecular formula is C28H34N6O2. The third-order valence-electron chi connectivity index (χ3n) is 8.03. The summed E-state index contributed by atoms with van der Waals surface area (Å²) in [7, 11) is 0. The first kappa shape index (κ1) is 23.2. The number of hydrogen-bond donors (Lipinski definition) is 1. The largest absolute Gasteiger partial charge is 0.349 e. The van der Waals surface area contributed by atoms with Gasteiger partial charge in [0.2, 0.25) is 0 Å². The zero-order valence-corrected chi connectivity index (χ0v) is 20.7. The van der Waals surface area contributed by atoms with Gasteiger partial charge >= 0.3 is 0 Å². The molecule has 0 bridgehead atoms. The highest BCUT2D eigenvalue weighted by Gasteiger charge is 2.33. The SMILES string of the molecule is O=C(NC1CCCC1)c1cnn2c([C@@H]3CCCN3C(=O)c3ccc(CN4CCCC4)cc3)ccnc12. The Morgan fingerprint density at radius 1 is 0.917 bits per heavy atom. The first-order valence-electron chi connectivity index (χ1n) is 13.4. The van der Waals surface area contributed by atoms with Crippen LogP contribution in [0.4, 0.5) is 0 Å². The molecule has 2 aromatic heterocycles. The number of hydrogen-bond acceptors (Lipinski definition) is 5. The molecule has 1 atom stereocenters. The summed E-state index contributed by atoms with van der Waals surface area (Å²) in [5.41, 5.74) is 3.91. The highest BCUT2D eigenvalue weighted by molar-refractivity contribution is 6.00. The lowest BCUT2D eigenvalue weighted by molar-refractivity contribution is 0.0731. The molecule has 8 nitrogen and oxygen atoms in total. The molecule has 36 heavy (non-hydrogen) atoms. The number of carbonyl (C=O) groups is 2. The van der Waals surface area contributed by atoms with Gasteiger partial charge in [-0.2, -0.15) is 5.10 Å². The molecule has 0 unspecified atom stereocenters. The van der Waals surface area contributed by atoms with Gasteiger partial charge in [0.25, 0.3) is 11.8 Å². The molecule has 1 aliphatic carbocycles. The Balaban J connectivity index is 1.21. The van der Waals surface area contributed by atoms with E-state index in [9.17, 15) is 9.59 Å². The summed E-state index contributed by atoms with van der Waals surface area (Å²) < 4.78 is 1.75. The van der Waals surface area contributed by atoms with E-state index in [1.165, 1.54) is 18.4 Å². The second-order valence-corrected chi connectivity index (χ2v) is 10.5. The predicted molar refractivity (Wildman–Crippen MR) is 137 cm³/mol. The van der Waals surface area contributed by atoms with Crippen molar-refractivity contribution >= 4 is 17.5 Å². The van der Waals surface area contributed by atoms with Gasteiger partial charge in [0.1, 0.15) is 5.56 Å². The molecule has 6 rings (SSSR count). The summed E-state index contributed by atoms with van der Waals surface area (Å²) in [6.45, 7) is 3.98. The smallest absolute Gasteiger partial charge is 0.256 e. The number of likely N-dealkylation sites (tertiary alicyclic amines) is 2. The van der Waals surface area contributed by atoms with Crippen LogP contribution in [0.25, 0.3) is 5.65 Å². The van der Waals surface area contributed by atoms with Gasteiger partial charge in [-0.25, -0.2) is 9.50 Å². The van der Waals surface area contributed by atoms with Crippen molar-refractivity contribution in [3.63, 3.8) is 0 Å². The van der Waals surface area contributed by atoms with E-state index >= 15 is 0 Å². The average molecular weight is 487 g/mol. The Morgan fingerprint density at radius 2 is 1.69 bits per heavy atom. The van der Waals surface area contributed by atoms with Gasteiger partial charge in [-0.15, -0.1) is 0 Å². The van der Waals surface area contributed by atoms with Crippen molar-refractivity contribution in [2.24, 2.45) is 0 Å². The molecule has 2 saturated heterocycles. The quantitative estimate of drug-likeness (QED) is 0.570. The standard InChI is InChI=1S/C28H34N6O2/c35-27(31-22-6-1-2-7-22)23-18-30-34-25(13-14-29-26(23)34)24-8-5-17-33(24)28(36)21-11-9-20(10-12-21)19-32-15-3-4-16-32/h9-14,18,22,24H,1-8,15-17,19H2,(H,31,35)/t24-/m0/s1. The van der Waals surface area contributed by atoms with Gasteiger partial charge in [0.05, 0.1) is 17.9 Å². The number of carbonyl (C=O) groups excluding carboxylic acids is 2. The van der Waals surface area contributed by atoms with Gasteiger partial charge in [0, 0.05) is 30.9 Å². The van der Waals surface area contributed by atoms with Crippen LogP contribution in [-0.2, 0) is 6.54 Å². The van der Waals surface area contributed by atoms with Crippen LogP contribution >= 0.6 is 0 Å². The van der Waals surface area contributed by atoms with E-state index in [1.807, 2.05) is 23.1 Å². The molecule has 0 radical (unpaired) electrons. The maximum atomic E-state index is 13.5. The van der Waals surface area contributed by atoms with Crippen LogP contribution in [0.5, 0.6) is 0 Å². The number of fused-ring (bicyclic) bond motifs is 1. The molecule has 8 heteroatoms. The zero-order valence-electron chi connectivity index (χ0n) is 20.7. The third-order valence-corrected chi connectivity index (χ3v) is 8.03. The van der Waals surface area contributed by atoms with Gasteiger partial charge in [0.15, 0.2) is 5.65 Å². The fourth-order valence-electron chi connectivity index (χ4n) is 6.09. The predicted octanol–water partition coefficient (Wildman–Crippen LogP) is 3.97. The summed E-state index contributed by atoms with van der Waals surface area (Å²) in [6, 6.07) is 10.2. The lowest BCUT2D eigenvalue weighted by Gasteiger charge is -2.25.